The van der Waals surface area contributed by atoms with E-state index in [9.17, 15) is 4.39 Å². The maximum absolute atomic E-state index is 13.6. The first-order valence-corrected chi connectivity index (χ1v) is 8.40. The van der Waals surface area contributed by atoms with Gasteiger partial charge in [-0.25, -0.2) is 14.4 Å². The summed E-state index contributed by atoms with van der Waals surface area (Å²) in [6, 6.07) is 6.70. The molecule has 2 nitrogen and oxygen atoms in total. The number of hydrogen-bond acceptors (Lipinski definition) is 3. The lowest BCUT2D eigenvalue weighted by Crippen LogP contribution is -2.00. The minimum atomic E-state index is -0.219. The van der Waals surface area contributed by atoms with Gasteiger partial charge in [-0.05, 0) is 40.9 Å². The van der Waals surface area contributed by atoms with Gasteiger partial charge >= 0.3 is 0 Å². The van der Waals surface area contributed by atoms with Gasteiger partial charge in [0.05, 0.1) is 15.9 Å². The SMILES string of the molecule is Fc1ccccc1SCc1nc(Cl)c(Br)c(C2CC2)n1. The molecule has 0 radical (unpaired) electrons. The molecule has 2 aromatic rings. The average Bonchev–Trinajstić information content (AvgIpc) is 3.26. The van der Waals surface area contributed by atoms with Crippen molar-refractivity contribution in [3.05, 3.63) is 51.2 Å². The first-order valence-electron chi connectivity index (χ1n) is 6.24. The fourth-order valence-corrected chi connectivity index (χ4v) is 3.37. The Kier molecular flexibility index (Phi) is 4.29. The molecule has 0 spiro atoms. The Morgan fingerprint density at radius 3 is 2.75 bits per heavy atom. The lowest BCUT2D eigenvalue weighted by Gasteiger charge is -2.07. The van der Waals surface area contributed by atoms with Crippen LogP contribution in [0.25, 0.3) is 0 Å². The lowest BCUT2D eigenvalue weighted by atomic mass is 10.3. The molecule has 0 aliphatic heterocycles. The van der Waals surface area contributed by atoms with Gasteiger partial charge in [0.15, 0.2) is 0 Å². The second-order valence-electron chi connectivity index (χ2n) is 4.62. The predicted molar refractivity (Wildman–Crippen MR) is 82.7 cm³/mol. The number of nitrogens with zero attached hydrogens (tertiary/aromatic N) is 2. The van der Waals surface area contributed by atoms with Gasteiger partial charge < -0.3 is 0 Å². The van der Waals surface area contributed by atoms with Crippen LogP contribution >= 0.6 is 39.3 Å². The van der Waals surface area contributed by atoms with Gasteiger partial charge in [0.25, 0.3) is 0 Å². The van der Waals surface area contributed by atoms with Gasteiger partial charge in [0, 0.05) is 10.8 Å². The topological polar surface area (TPSA) is 25.8 Å². The summed E-state index contributed by atoms with van der Waals surface area (Å²) >= 11 is 10.9. The highest BCUT2D eigenvalue weighted by Gasteiger charge is 2.29. The summed E-state index contributed by atoms with van der Waals surface area (Å²) in [7, 11) is 0. The van der Waals surface area contributed by atoms with E-state index in [2.05, 4.69) is 25.9 Å². The minimum absolute atomic E-state index is 0.219. The highest BCUT2D eigenvalue weighted by atomic mass is 79.9. The number of rotatable bonds is 4. The van der Waals surface area contributed by atoms with E-state index in [4.69, 9.17) is 11.6 Å². The van der Waals surface area contributed by atoms with Gasteiger partial charge in [-0.3, -0.25) is 0 Å². The third-order valence-electron chi connectivity index (χ3n) is 3.04. The third kappa shape index (κ3) is 3.15. The second-order valence-corrected chi connectivity index (χ2v) is 6.79. The zero-order valence-electron chi connectivity index (χ0n) is 10.4. The third-order valence-corrected chi connectivity index (χ3v) is 5.37. The highest BCUT2D eigenvalue weighted by molar-refractivity contribution is 9.10. The molecule has 20 heavy (non-hydrogen) atoms. The molecule has 1 fully saturated rings. The van der Waals surface area contributed by atoms with Gasteiger partial charge in [0.1, 0.15) is 16.8 Å². The van der Waals surface area contributed by atoms with Crippen LogP contribution in [-0.4, -0.2) is 9.97 Å². The van der Waals surface area contributed by atoms with Crippen LogP contribution in [-0.2, 0) is 5.75 Å². The maximum Gasteiger partial charge on any atom is 0.147 e. The van der Waals surface area contributed by atoms with Gasteiger partial charge in [-0.15, -0.1) is 11.8 Å². The van der Waals surface area contributed by atoms with Crippen LogP contribution in [0.4, 0.5) is 4.39 Å². The molecule has 0 unspecified atom stereocenters. The summed E-state index contributed by atoms with van der Waals surface area (Å²) in [5.74, 6) is 1.42. The zero-order chi connectivity index (χ0) is 14.1. The summed E-state index contributed by atoms with van der Waals surface area (Å²) < 4.78 is 14.4. The molecule has 1 heterocycles. The molecule has 1 aliphatic rings. The van der Waals surface area contributed by atoms with E-state index >= 15 is 0 Å². The van der Waals surface area contributed by atoms with E-state index in [1.807, 2.05) is 6.07 Å². The van der Waals surface area contributed by atoms with E-state index in [0.717, 1.165) is 23.0 Å². The Hall–Kier alpha value is -0.650. The molecule has 1 aliphatic carbocycles. The number of aromatic nitrogens is 2. The number of benzene rings is 1. The van der Waals surface area contributed by atoms with Crippen molar-refractivity contribution < 1.29 is 4.39 Å². The van der Waals surface area contributed by atoms with E-state index in [0.29, 0.717) is 27.5 Å². The molecule has 0 amide bonds. The molecular weight excluding hydrogens is 363 g/mol. The Bertz CT molecular complexity index is 649. The summed E-state index contributed by atoms with van der Waals surface area (Å²) in [4.78, 5) is 9.41. The molecule has 104 valence electrons. The zero-order valence-corrected chi connectivity index (χ0v) is 13.6. The van der Waals surface area contributed by atoms with Crippen LogP contribution in [0.3, 0.4) is 0 Å². The molecule has 1 aromatic carbocycles. The van der Waals surface area contributed by atoms with Crippen molar-refractivity contribution >= 4 is 39.3 Å². The largest absolute Gasteiger partial charge is 0.235 e. The number of halogens is 3. The van der Waals surface area contributed by atoms with Crippen LogP contribution in [0.15, 0.2) is 33.6 Å². The van der Waals surface area contributed by atoms with Crippen molar-refractivity contribution in [2.75, 3.05) is 0 Å². The number of hydrogen-bond donors (Lipinski definition) is 0. The predicted octanol–water partition coefficient (Wildman–Crippen LogP) is 5.20. The molecule has 0 bridgehead atoms. The highest BCUT2D eigenvalue weighted by Crippen LogP contribution is 2.43. The summed E-state index contributed by atoms with van der Waals surface area (Å²) in [6.07, 6.45) is 2.29. The van der Waals surface area contributed by atoms with E-state index in [1.165, 1.54) is 17.8 Å². The van der Waals surface area contributed by atoms with Gasteiger partial charge in [0.2, 0.25) is 0 Å². The summed E-state index contributed by atoms with van der Waals surface area (Å²) in [5, 5.41) is 0.436. The van der Waals surface area contributed by atoms with E-state index < -0.39 is 0 Å². The molecule has 0 N–H and O–H groups in total. The Balaban J connectivity index is 1.79. The molecule has 0 saturated heterocycles. The van der Waals surface area contributed by atoms with Crippen LogP contribution in [0.5, 0.6) is 0 Å². The first-order chi connectivity index (χ1) is 9.65. The maximum atomic E-state index is 13.6. The van der Waals surface area contributed by atoms with Crippen molar-refractivity contribution in [3.63, 3.8) is 0 Å². The van der Waals surface area contributed by atoms with E-state index in [1.54, 1.807) is 12.1 Å². The van der Waals surface area contributed by atoms with Crippen molar-refractivity contribution in [1.82, 2.24) is 9.97 Å². The Morgan fingerprint density at radius 2 is 2.05 bits per heavy atom. The van der Waals surface area contributed by atoms with Crippen molar-refractivity contribution in [1.29, 1.82) is 0 Å². The van der Waals surface area contributed by atoms with Crippen molar-refractivity contribution in [2.24, 2.45) is 0 Å². The van der Waals surface area contributed by atoms with Crippen molar-refractivity contribution in [3.8, 4) is 0 Å². The van der Waals surface area contributed by atoms with Gasteiger partial charge in [-0.2, -0.15) is 0 Å². The van der Waals surface area contributed by atoms with E-state index in [-0.39, 0.29) is 5.82 Å². The van der Waals surface area contributed by atoms with Crippen LogP contribution in [0, 0.1) is 5.82 Å². The normalized spacial score (nSPS) is 14.6. The van der Waals surface area contributed by atoms with Crippen LogP contribution in [0.2, 0.25) is 5.15 Å². The molecule has 3 rings (SSSR count). The molecule has 6 heteroatoms. The molecule has 1 saturated carbocycles. The lowest BCUT2D eigenvalue weighted by molar-refractivity contribution is 0.602. The fraction of sp³-hybridized carbons (Fsp3) is 0.286. The number of thioether (sulfide) groups is 1. The van der Waals surface area contributed by atoms with Crippen LogP contribution in [0.1, 0.15) is 30.3 Å². The summed E-state index contributed by atoms with van der Waals surface area (Å²) in [5.41, 5.74) is 0.981. The van der Waals surface area contributed by atoms with Crippen LogP contribution < -0.4 is 0 Å². The first kappa shape index (κ1) is 14.3. The standard InChI is InChI=1S/C14H11BrClFN2S/c15-12-13(8-5-6-8)18-11(19-14(12)16)7-20-10-4-2-1-3-9(10)17/h1-4,8H,5-7H2. The summed E-state index contributed by atoms with van der Waals surface area (Å²) in [6.45, 7) is 0. The molecular formula is C14H11BrClFN2S. The van der Waals surface area contributed by atoms with Crippen molar-refractivity contribution in [2.45, 2.75) is 29.4 Å². The second kappa shape index (κ2) is 6.00. The molecule has 1 aromatic heterocycles. The van der Waals surface area contributed by atoms with Gasteiger partial charge in [-0.1, -0.05) is 23.7 Å². The Labute approximate surface area is 134 Å². The smallest absolute Gasteiger partial charge is 0.147 e. The average molecular weight is 374 g/mol. The molecule has 0 atom stereocenters. The monoisotopic (exact) mass is 372 g/mol. The Morgan fingerprint density at radius 1 is 1.30 bits per heavy atom. The minimum Gasteiger partial charge on any atom is -0.235 e. The fourth-order valence-electron chi connectivity index (χ4n) is 1.88. The quantitative estimate of drug-likeness (QED) is 0.544.